The van der Waals surface area contributed by atoms with Crippen LogP contribution in [0.2, 0.25) is 0 Å². The maximum absolute atomic E-state index is 4.99. The van der Waals surface area contributed by atoms with E-state index in [1.165, 1.54) is 0 Å². The number of rotatable bonds is 0. The van der Waals surface area contributed by atoms with Crippen LogP contribution in [0, 0.1) is 0 Å². The zero-order valence-electron chi connectivity index (χ0n) is 20.1. The third-order valence-corrected chi connectivity index (χ3v) is 7.26. The largest absolute Gasteiger partial charge is 0.343 e. The van der Waals surface area contributed by atoms with Gasteiger partial charge < -0.3 is 9.97 Å². The Labute approximate surface area is 188 Å². The highest BCUT2D eigenvalue weighted by atomic mass is 15.3. The Kier molecular flexibility index (Phi) is 4.02. The fourth-order valence-corrected chi connectivity index (χ4v) is 4.33. The summed E-state index contributed by atoms with van der Waals surface area (Å²) in [6.07, 6.45) is 7.91. The van der Waals surface area contributed by atoms with Crippen molar-refractivity contribution >= 4 is 0 Å². The van der Waals surface area contributed by atoms with Crippen LogP contribution in [0.3, 0.4) is 0 Å². The fraction of sp³-hybridized carbons (Fsp3) is 0.500. The van der Waals surface area contributed by atoms with Gasteiger partial charge in [-0.2, -0.15) is 10.2 Å². The molecule has 0 spiro atoms. The normalized spacial score (nSPS) is 20.2. The maximum atomic E-state index is 4.99. The molecule has 0 radical (unpaired) electrons. The summed E-state index contributed by atoms with van der Waals surface area (Å²) in [6, 6.07) is 4.16. The van der Waals surface area contributed by atoms with Gasteiger partial charge in [-0.3, -0.25) is 9.36 Å². The predicted octanol–water partition coefficient (Wildman–Crippen LogP) is 4.06. The summed E-state index contributed by atoms with van der Waals surface area (Å²) >= 11 is 0. The molecule has 4 aromatic heterocycles. The molecule has 0 amide bonds. The van der Waals surface area contributed by atoms with Crippen LogP contribution in [-0.2, 0) is 21.9 Å². The number of aromatic nitrogens is 8. The van der Waals surface area contributed by atoms with Crippen LogP contribution < -0.4 is 0 Å². The van der Waals surface area contributed by atoms with E-state index < -0.39 is 11.1 Å². The first-order chi connectivity index (χ1) is 14.8. The van der Waals surface area contributed by atoms with Crippen molar-refractivity contribution < 1.29 is 0 Å². The monoisotopic (exact) mass is 432 g/mol. The molecule has 0 atom stereocenters. The Balaban J connectivity index is 1.76. The number of nitrogens with one attached hydrogen (secondary N) is 2. The number of aromatic amines is 2. The summed E-state index contributed by atoms with van der Waals surface area (Å²) in [5.74, 6) is 1.73. The Hall–Kier alpha value is -3.16. The van der Waals surface area contributed by atoms with Crippen molar-refractivity contribution in [1.29, 1.82) is 0 Å². The Bertz CT molecular complexity index is 1010. The molecule has 8 nitrogen and oxygen atoms in total. The first kappa shape index (κ1) is 20.7. The van der Waals surface area contributed by atoms with Crippen LogP contribution in [0.15, 0.2) is 36.9 Å². The van der Waals surface area contributed by atoms with Gasteiger partial charge in [-0.15, -0.1) is 0 Å². The average molecular weight is 433 g/mol. The Morgan fingerprint density at radius 3 is 1.44 bits per heavy atom. The second-order valence-corrected chi connectivity index (χ2v) is 11.0. The van der Waals surface area contributed by atoms with E-state index in [4.69, 9.17) is 20.2 Å². The van der Waals surface area contributed by atoms with Crippen LogP contribution in [-0.4, -0.2) is 39.5 Å². The molecule has 0 fully saturated rings. The molecule has 0 saturated heterocycles. The van der Waals surface area contributed by atoms with Crippen LogP contribution in [0.25, 0.3) is 0 Å². The number of hydrogen-bond donors (Lipinski definition) is 2. The van der Waals surface area contributed by atoms with Gasteiger partial charge in [-0.1, -0.05) is 0 Å². The average Bonchev–Trinajstić information content (AvgIpc) is 3.53. The first-order valence-corrected chi connectivity index (χ1v) is 11.1. The summed E-state index contributed by atoms with van der Waals surface area (Å²) in [7, 11) is 0. The van der Waals surface area contributed by atoms with Crippen molar-refractivity contribution in [2.75, 3.05) is 0 Å². The van der Waals surface area contributed by atoms with Crippen molar-refractivity contribution in [1.82, 2.24) is 39.5 Å². The standard InChI is InChI=1S/C24H32N8/c1-21(2)15-9-11-31(29-15)23(5,6)19-25-13-17(27-19)22(3,4)18-14-26-20(28-18)24(7,8)32-12-10-16(21)30-32/h9-14H,1-8H3,(H,25,27)(H,26,28). The number of fused-ring (bicyclic) bond motifs is 8. The lowest BCUT2D eigenvalue weighted by molar-refractivity contribution is 0.355. The lowest BCUT2D eigenvalue weighted by Crippen LogP contribution is -2.32. The van der Waals surface area contributed by atoms with Crippen molar-refractivity contribution in [3.05, 3.63) is 71.3 Å². The van der Waals surface area contributed by atoms with E-state index >= 15 is 0 Å². The molecule has 8 bridgehead atoms. The van der Waals surface area contributed by atoms with E-state index in [-0.39, 0.29) is 10.8 Å². The van der Waals surface area contributed by atoms with E-state index in [1.54, 1.807) is 0 Å². The number of H-pyrrole nitrogens is 2. The molecule has 5 rings (SSSR count). The highest BCUT2D eigenvalue weighted by Crippen LogP contribution is 2.36. The van der Waals surface area contributed by atoms with E-state index in [2.05, 4.69) is 77.5 Å². The van der Waals surface area contributed by atoms with Gasteiger partial charge >= 0.3 is 0 Å². The number of nitrogens with zero attached hydrogens (tertiary/aromatic N) is 6. The fourth-order valence-electron chi connectivity index (χ4n) is 4.33. The molecule has 168 valence electrons. The first-order valence-electron chi connectivity index (χ1n) is 11.1. The van der Waals surface area contributed by atoms with Gasteiger partial charge in [0.05, 0.1) is 16.8 Å². The Morgan fingerprint density at radius 1 is 0.625 bits per heavy atom. The summed E-state index contributed by atoms with van der Waals surface area (Å²) in [5, 5.41) is 9.97. The molecule has 8 heteroatoms. The Morgan fingerprint density at radius 2 is 1.03 bits per heavy atom. The van der Waals surface area contributed by atoms with E-state index in [1.807, 2.05) is 34.2 Å². The van der Waals surface area contributed by atoms with E-state index in [0.717, 1.165) is 34.4 Å². The molecule has 0 aromatic carbocycles. The second-order valence-electron chi connectivity index (χ2n) is 11.0. The molecular formula is C24H32N8. The summed E-state index contributed by atoms with van der Waals surface area (Å²) < 4.78 is 3.97. The molecule has 1 aliphatic heterocycles. The highest BCUT2D eigenvalue weighted by Gasteiger charge is 2.37. The SMILES string of the molecule is CC1(C)c2ccn(n2)C(C)(C)c2ncc([nH]2)C(C)(C)c2cnc([nH]2)C(C)(C)n2ccc1n2. The minimum absolute atomic E-state index is 0.327. The van der Waals surface area contributed by atoms with Crippen LogP contribution in [0.1, 0.15) is 89.8 Å². The van der Waals surface area contributed by atoms with E-state index in [9.17, 15) is 0 Å². The van der Waals surface area contributed by atoms with Gasteiger partial charge in [0.25, 0.3) is 0 Å². The third kappa shape index (κ3) is 2.74. The lowest BCUT2D eigenvalue weighted by atomic mass is 9.86. The molecule has 32 heavy (non-hydrogen) atoms. The van der Waals surface area contributed by atoms with Crippen molar-refractivity contribution in [3.63, 3.8) is 0 Å². The molecule has 0 saturated carbocycles. The van der Waals surface area contributed by atoms with Gasteiger partial charge in [0, 0.05) is 41.6 Å². The second kappa shape index (κ2) is 6.21. The maximum Gasteiger partial charge on any atom is 0.133 e. The number of hydrogen-bond acceptors (Lipinski definition) is 4. The minimum atomic E-state index is -0.444. The van der Waals surface area contributed by atoms with Gasteiger partial charge in [0.2, 0.25) is 0 Å². The van der Waals surface area contributed by atoms with E-state index in [0.29, 0.717) is 0 Å². The lowest BCUT2D eigenvalue weighted by Gasteiger charge is -2.27. The molecule has 1 aliphatic rings. The predicted molar refractivity (Wildman–Crippen MR) is 123 cm³/mol. The van der Waals surface area contributed by atoms with Gasteiger partial charge in [-0.05, 0) is 67.5 Å². The third-order valence-electron chi connectivity index (χ3n) is 7.26. The number of imidazole rings is 2. The zero-order chi connectivity index (χ0) is 23.1. The van der Waals surface area contributed by atoms with Gasteiger partial charge in [0.1, 0.15) is 22.7 Å². The van der Waals surface area contributed by atoms with Gasteiger partial charge in [0.15, 0.2) is 0 Å². The van der Waals surface area contributed by atoms with Crippen molar-refractivity contribution in [2.45, 2.75) is 77.3 Å². The molecule has 0 unspecified atom stereocenters. The van der Waals surface area contributed by atoms with Crippen LogP contribution in [0.5, 0.6) is 0 Å². The molecular weight excluding hydrogens is 400 g/mol. The smallest absolute Gasteiger partial charge is 0.133 e. The van der Waals surface area contributed by atoms with Crippen molar-refractivity contribution in [2.24, 2.45) is 0 Å². The van der Waals surface area contributed by atoms with Crippen LogP contribution in [0.4, 0.5) is 0 Å². The topological polar surface area (TPSA) is 93.0 Å². The summed E-state index contributed by atoms with van der Waals surface area (Å²) in [5.41, 5.74) is 2.41. The molecule has 4 aromatic rings. The summed E-state index contributed by atoms with van der Waals surface area (Å²) in [6.45, 7) is 17.2. The zero-order valence-corrected chi connectivity index (χ0v) is 20.1. The van der Waals surface area contributed by atoms with Gasteiger partial charge in [-0.25, -0.2) is 9.97 Å². The highest BCUT2D eigenvalue weighted by molar-refractivity contribution is 5.31. The van der Waals surface area contributed by atoms with Crippen molar-refractivity contribution in [3.8, 4) is 0 Å². The molecule has 0 aliphatic carbocycles. The summed E-state index contributed by atoms with van der Waals surface area (Å²) in [4.78, 5) is 16.7. The molecule has 5 heterocycles. The molecule has 2 N–H and O–H groups in total. The quantitative estimate of drug-likeness (QED) is 0.438. The minimum Gasteiger partial charge on any atom is -0.343 e. The van der Waals surface area contributed by atoms with Crippen LogP contribution >= 0.6 is 0 Å².